The lowest BCUT2D eigenvalue weighted by Crippen LogP contribution is -2.26. The van der Waals surface area contributed by atoms with Crippen LogP contribution in [0.1, 0.15) is 0 Å². The van der Waals surface area contributed by atoms with E-state index in [0.29, 0.717) is 5.46 Å². The van der Waals surface area contributed by atoms with Gasteiger partial charge in [-0.2, -0.15) is 0 Å². The van der Waals surface area contributed by atoms with Gasteiger partial charge in [0.1, 0.15) is 5.75 Å². The van der Waals surface area contributed by atoms with Crippen LogP contribution in [0.3, 0.4) is 0 Å². The molecular formula is C7H8BBrO2. The first-order chi connectivity index (χ1) is 5.11. The summed E-state index contributed by atoms with van der Waals surface area (Å²) in [6, 6.07) is 4.97. The van der Waals surface area contributed by atoms with Gasteiger partial charge in [-0.3, -0.25) is 0 Å². The molecular weight excluding hydrogens is 207 g/mol. The van der Waals surface area contributed by atoms with E-state index < -0.39 is 6.92 Å². The fraction of sp³-hybridized carbons (Fsp3) is 0.143. The van der Waals surface area contributed by atoms with Crippen molar-refractivity contribution in [3.05, 3.63) is 22.7 Å². The van der Waals surface area contributed by atoms with E-state index in [1.165, 1.54) is 0 Å². The molecule has 0 amide bonds. The summed E-state index contributed by atoms with van der Waals surface area (Å²) < 4.78 is 0.853. The minimum absolute atomic E-state index is 0.128. The maximum Gasteiger partial charge on any atom is 0.324 e. The third-order valence-corrected chi connectivity index (χ3v) is 1.93. The number of phenols is 1. The van der Waals surface area contributed by atoms with E-state index in [4.69, 9.17) is 5.02 Å². The molecule has 11 heavy (non-hydrogen) atoms. The maximum atomic E-state index is 9.22. The Hall–Kier alpha value is -0.475. The van der Waals surface area contributed by atoms with E-state index in [2.05, 4.69) is 15.9 Å². The summed E-state index contributed by atoms with van der Waals surface area (Å²) in [4.78, 5) is 0. The molecule has 0 unspecified atom stereocenters. The van der Waals surface area contributed by atoms with Gasteiger partial charge in [-0.1, -0.05) is 22.8 Å². The molecule has 0 aliphatic carbocycles. The van der Waals surface area contributed by atoms with E-state index in [9.17, 15) is 5.11 Å². The van der Waals surface area contributed by atoms with E-state index in [1.54, 1.807) is 25.0 Å². The summed E-state index contributed by atoms with van der Waals surface area (Å²) in [6.07, 6.45) is 0. The van der Waals surface area contributed by atoms with Crippen LogP contribution in [0.15, 0.2) is 22.7 Å². The summed E-state index contributed by atoms with van der Waals surface area (Å²) in [5, 5.41) is 18.4. The van der Waals surface area contributed by atoms with E-state index in [1.807, 2.05) is 0 Å². The third kappa shape index (κ3) is 1.98. The Labute approximate surface area is 74.1 Å². The van der Waals surface area contributed by atoms with Crippen molar-refractivity contribution in [3.8, 4) is 5.75 Å². The fourth-order valence-electron chi connectivity index (χ4n) is 0.860. The molecule has 0 saturated heterocycles. The van der Waals surface area contributed by atoms with Crippen molar-refractivity contribution in [2.24, 2.45) is 0 Å². The number of benzene rings is 1. The molecule has 1 aromatic rings. The molecule has 0 atom stereocenters. The Balaban J connectivity index is 3.13. The molecule has 0 aromatic heterocycles. The highest BCUT2D eigenvalue weighted by Gasteiger charge is 2.11. The number of rotatable bonds is 1. The van der Waals surface area contributed by atoms with Gasteiger partial charge < -0.3 is 10.1 Å². The van der Waals surface area contributed by atoms with Crippen molar-refractivity contribution < 1.29 is 10.1 Å². The molecule has 2 N–H and O–H groups in total. The molecule has 4 heteroatoms. The van der Waals surface area contributed by atoms with Crippen molar-refractivity contribution in [1.82, 2.24) is 0 Å². The predicted molar refractivity (Wildman–Crippen MR) is 49.3 cm³/mol. The SMILES string of the molecule is CB(O)c1cc(Br)ccc1O. The van der Waals surface area contributed by atoms with Crippen LogP contribution < -0.4 is 5.46 Å². The molecule has 0 aliphatic rings. The molecule has 0 saturated carbocycles. The van der Waals surface area contributed by atoms with Crippen LogP contribution in [0.25, 0.3) is 0 Å². The highest BCUT2D eigenvalue weighted by atomic mass is 79.9. The minimum atomic E-state index is -0.632. The first-order valence-corrected chi connectivity index (χ1v) is 4.07. The van der Waals surface area contributed by atoms with Gasteiger partial charge in [-0.05, 0) is 23.7 Å². The quantitative estimate of drug-likeness (QED) is 0.685. The van der Waals surface area contributed by atoms with E-state index >= 15 is 0 Å². The Morgan fingerprint density at radius 1 is 1.45 bits per heavy atom. The third-order valence-electron chi connectivity index (χ3n) is 1.44. The standard InChI is InChI=1S/C7H8BBrO2/c1-8(11)6-4-5(9)2-3-7(6)10/h2-4,10-11H,1H3. The Kier molecular flexibility index (Phi) is 2.57. The summed E-state index contributed by atoms with van der Waals surface area (Å²) in [5.41, 5.74) is 0.541. The van der Waals surface area contributed by atoms with E-state index in [0.717, 1.165) is 4.47 Å². The molecule has 0 fully saturated rings. The second kappa shape index (κ2) is 3.28. The molecule has 58 valence electrons. The number of hydrogen-bond acceptors (Lipinski definition) is 2. The smallest absolute Gasteiger partial charge is 0.324 e. The second-order valence-corrected chi connectivity index (χ2v) is 3.29. The fourth-order valence-corrected chi connectivity index (χ4v) is 1.24. The summed E-state index contributed by atoms with van der Waals surface area (Å²) >= 11 is 3.24. The number of halogens is 1. The van der Waals surface area contributed by atoms with Crippen LogP contribution >= 0.6 is 15.9 Å². The zero-order chi connectivity index (χ0) is 8.43. The largest absolute Gasteiger partial charge is 0.508 e. The molecule has 0 bridgehead atoms. The maximum absolute atomic E-state index is 9.22. The van der Waals surface area contributed by atoms with Crippen LogP contribution in [-0.4, -0.2) is 17.0 Å². The van der Waals surface area contributed by atoms with Crippen LogP contribution in [0.4, 0.5) is 0 Å². The predicted octanol–water partition coefficient (Wildman–Crippen LogP) is 0.975. The minimum Gasteiger partial charge on any atom is -0.508 e. The molecule has 0 spiro atoms. The molecule has 1 rings (SSSR count). The lowest BCUT2D eigenvalue weighted by atomic mass is 9.64. The summed E-state index contributed by atoms with van der Waals surface area (Å²) in [7, 11) is 0. The normalized spacial score (nSPS) is 9.73. The van der Waals surface area contributed by atoms with Crippen LogP contribution in [0.2, 0.25) is 6.82 Å². The van der Waals surface area contributed by atoms with Crippen molar-refractivity contribution >= 4 is 28.3 Å². The highest BCUT2D eigenvalue weighted by Crippen LogP contribution is 2.13. The topological polar surface area (TPSA) is 40.5 Å². The zero-order valence-electron chi connectivity index (χ0n) is 6.08. The van der Waals surface area contributed by atoms with Crippen molar-refractivity contribution in [2.75, 3.05) is 0 Å². The Bertz CT molecular complexity index is 263. The highest BCUT2D eigenvalue weighted by molar-refractivity contribution is 9.10. The van der Waals surface area contributed by atoms with Gasteiger partial charge in [0.05, 0.1) is 0 Å². The van der Waals surface area contributed by atoms with Crippen LogP contribution in [0.5, 0.6) is 5.75 Å². The van der Waals surface area contributed by atoms with E-state index in [-0.39, 0.29) is 5.75 Å². The molecule has 0 aliphatic heterocycles. The van der Waals surface area contributed by atoms with Crippen molar-refractivity contribution in [1.29, 1.82) is 0 Å². The first-order valence-electron chi connectivity index (χ1n) is 3.27. The number of hydrogen-bond donors (Lipinski definition) is 2. The molecule has 0 heterocycles. The first kappa shape index (κ1) is 8.62. The number of aromatic hydroxyl groups is 1. The van der Waals surface area contributed by atoms with Crippen molar-refractivity contribution in [3.63, 3.8) is 0 Å². The number of phenolic OH excluding ortho intramolecular Hbond substituents is 1. The van der Waals surface area contributed by atoms with Crippen LogP contribution in [-0.2, 0) is 0 Å². The average molecular weight is 215 g/mol. The average Bonchev–Trinajstić information content (AvgIpc) is 1.94. The summed E-state index contributed by atoms with van der Waals surface area (Å²) in [5.74, 6) is 0.128. The van der Waals surface area contributed by atoms with Gasteiger partial charge in [0, 0.05) is 4.47 Å². The van der Waals surface area contributed by atoms with Gasteiger partial charge in [-0.15, -0.1) is 0 Å². The Morgan fingerprint density at radius 2 is 2.09 bits per heavy atom. The summed E-state index contributed by atoms with van der Waals surface area (Å²) in [6.45, 7) is 0.981. The van der Waals surface area contributed by atoms with Gasteiger partial charge in [0.15, 0.2) is 0 Å². The second-order valence-electron chi connectivity index (χ2n) is 2.38. The molecule has 2 nitrogen and oxygen atoms in total. The molecule has 1 aromatic carbocycles. The lowest BCUT2D eigenvalue weighted by Gasteiger charge is -2.03. The lowest BCUT2D eigenvalue weighted by molar-refractivity contribution is 0.477. The van der Waals surface area contributed by atoms with Crippen LogP contribution in [0, 0.1) is 0 Å². The van der Waals surface area contributed by atoms with Gasteiger partial charge in [0.2, 0.25) is 0 Å². The van der Waals surface area contributed by atoms with Gasteiger partial charge in [0.25, 0.3) is 0 Å². The van der Waals surface area contributed by atoms with Crippen molar-refractivity contribution in [2.45, 2.75) is 6.82 Å². The monoisotopic (exact) mass is 214 g/mol. The van der Waals surface area contributed by atoms with Gasteiger partial charge in [-0.25, -0.2) is 0 Å². The zero-order valence-corrected chi connectivity index (χ0v) is 7.67. The molecule has 0 radical (unpaired) electrons. The van der Waals surface area contributed by atoms with Gasteiger partial charge >= 0.3 is 6.92 Å². The Morgan fingerprint density at radius 3 is 2.55 bits per heavy atom.